The Morgan fingerprint density at radius 2 is 1.48 bits per heavy atom. The first-order valence-corrected chi connectivity index (χ1v) is 13.1. The first kappa shape index (κ1) is 28.0. The normalized spacial score (nSPS) is 13.6. The number of nitrogens with one attached hydrogen (secondary N) is 3. The molecule has 40 heavy (non-hydrogen) atoms. The van der Waals surface area contributed by atoms with E-state index in [0.29, 0.717) is 11.3 Å². The summed E-state index contributed by atoms with van der Waals surface area (Å²) in [6.45, 7) is 0. The largest absolute Gasteiger partial charge is 0.423 e. The van der Waals surface area contributed by atoms with Gasteiger partial charge in [-0.15, -0.1) is 0 Å². The summed E-state index contributed by atoms with van der Waals surface area (Å²) in [4.78, 5) is 49.5. The zero-order valence-corrected chi connectivity index (χ0v) is 21.8. The van der Waals surface area contributed by atoms with Gasteiger partial charge in [0, 0.05) is 12.1 Å². The summed E-state index contributed by atoms with van der Waals surface area (Å²) >= 11 is 0. The molecule has 9 nitrogen and oxygen atoms in total. The molecule has 0 aromatic heterocycles. The number of carbonyl (C=O) groups excluding carboxylic acids is 4. The molecule has 3 amide bonds. The molecule has 204 valence electrons. The number of carbonyl (C=O) groups is 4. The lowest BCUT2D eigenvalue weighted by atomic mass is 9.95. The molecule has 1 saturated carbocycles. The molecular weight excluding hydrogens is 508 g/mol. The van der Waals surface area contributed by atoms with Crippen LogP contribution in [0.5, 0.6) is 5.75 Å². The molecular formula is C31H30N4O5. The number of rotatable bonds is 8. The van der Waals surface area contributed by atoms with Crippen molar-refractivity contribution in [2.45, 2.75) is 38.1 Å². The van der Waals surface area contributed by atoms with Gasteiger partial charge in [-0.2, -0.15) is 5.10 Å². The smallest absolute Gasteiger partial charge is 0.336 e. The molecule has 0 spiro atoms. The number of hydrogen-bond donors (Lipinski definition) is 3. The van der Waals surface area contributed by atoms with Crippen LogP contribution in [0.3, 0.4) is 0 Å². The van der Waals surface area contributed by atoms with Crippen molar-refractivity contribution in [2.24, 2.45) is 5.10 Å². The van der Waals surface area contributed by atoms with Gasteiger partial charge in [0.05, 0.1) is 17.5 Å². The number of amides is 3. The van der Waals surface area contributed by atoms with Crippen LogP contribution in [0.25, 0.3) is 6.08 Å². The number of benzene rings is 3. The van der Waals surface area contributed by atoms with E-state index in [1.807, 2.05) is 30.3 Å². The number of nitrogens with zero attached hydrogens (tertiary/aromatic N) is 1. The van der Waals surface area contributed by atoms with Gasteiger partial charge in [0.15, 0.2) is 0 Å². The lowest BCUT2D eigenvalue weighted by Gasteiger charge is -2.23. The molecule has 0 radical (unpaired) electrons. The van der Waals surface area contributed by atoms with Crippen molar-refractivity contribution in [3.63, 3.8) is 0 Å². The molecule has 1 aliphatic rings. The maximum Gasteiger partial charge on any atom is 0.336 e. The van der Waals surface area contributed by atoms with E-state index in [0.717, 1.165) is 31.2 Å². The molecule has 0 atom stereocenters. The molecule has 0 bridgehead atoms. The maximum absolute atomic E-state index is 12.8. The van der Waals surface area contributed by atoms with Gasteiger partial charge in [-0.25, -0.2) is 10.2 Å². The van der Waals surface area contributed by atoms with E-state index >= 15 is 0 Å². The second-order valence-electron chi connectivity index (χ2n) is 9.24. The monoisotopic (exact) mass is 538 g/mol. The Morgan fingerprint density at radius 3 is 2.23 bits per heavy atom. The minimum Gasteiger partial charge on any atom is -0.423 e. The Balaban J connectivity index is 1.26. The lowest BCUT2D eigenvalue weighted by molar-refractivity contribution is -0.136. The number of para-hydroxylation sites is 1. The predicted molar refractivity (Wildman–Crippen MR) is 153 cm³/mol. The van der Waals surface area contributed by atoms with Gasteiger partial charge in [-0.1, -0.05) is 61.7 Å². The van der Waals surface area contributed by atoms with Crippen LogP contribution in [-0.4, -0.2) is 35.9 Å². The molecule has 0 unspecified atom stereocenters. The molecule has 0 aliphatic heterocycles. The van der Waals surface area contributed by atoms with Crippen molar-refractivity contribution in [1.82, 2.24) is 10.7 Å². The molecule has 1 fully saturated rings. The third-order valence-corrected chi connectivity index (χ3v) is 6.26. The summed E-state index contributed by atoms with van der Waals surface area (Å²) in [7, 11) is 0. The number of hydrazone groups is 1. The van der Waals surface area contributed by atoms with Gasteiger partial charge < -0.3 is 15.4 Å². The lowest BCUT2D eigenvalue weighted by Crippen LogP contribution is -2.37. The fraction of sp³-hybridized carbons (Fsp3) is 0.194. The first-order valence-electron chi connectivity index (χ1n) is 13.1. The second kappa shape index (κ2) is 14.2. The van der Waals surface area contributed by atoms with Gasteiger partial charge in [0.25, 0.3) is 5.91 Å². The highest BCUT2D eigenvalue weighted by molar-refractivity contribution is 6.40. The molecule has 3 N–H and O–H groups in total. The maximum atomic E-state index is 12.8. The summed E-state index contributed by atoms with van der Waals surface area (Å²) in [6.07, 6.45) is 9.53. The molecule has 0 heterocycles. The topological polar surface area (TPSA) is 126 Å². The van der Waals surface area contributed by atoms with E-state index in [1.165, 1.54) is 18.7 Å². The molecule has 3 aromatic rings. The Bertz CT molecular complexity index is 1390. The quantitative estimate of drug-likeness (QED) is 0.0975. The summed E-state index contributed by atoms with van der Waals surface area (Å²) < 4.78 is 5.27. The zero-order valence-electron chi connectivity index (χ0n) is 21.8. The van der Waals surface area contributed by atoms with E-state index in [-0.39, 0.29) is 23.2 Å². The van der Waals surface area contributed by atoms with Gasteiger partial charge in [-0.05, 0) is 66.4 Å². The van der Waals surface area contributed by atoms with E-state index < -0.39 is 17.8 Å². The number of esters is 1. The summed E-state index contributed by atoms with van der Waals surface area (Å²) in [6, 6.07) is 22.5. The van der Waals surface area contributed by atoms with Gasteiger partial charge >= 0.3 is 17.8 Å². The van der Waals surface area contributed by atoms with Crippen LogP contribution in [0.4, 0.5) is 5.69 Å². The van der Waals surface area contributed by atoms with Crippen LogP contribution < -0.4 is 20.8 Å². The number of anilines is 1. The zero-order chi connectivity index (χ0) is 28.2. The van der Waals surface area contributed by atoms with Crippen LogP contribution in [0.1, 0.15) is 53.6 Å². The van der Waals surface area contributed by atoms with Gasteiger partial charge in [-0.3, -0.25) is 14.4 Å². The van der Waals surface area contributed by atoms with Crippen LogP contribution in [0.2, 0.25) is 0 Å². The summed E-state index contributed by atoms with van der Waals surface area (Å²) in [5, 5.41) is 9.31. The van der Waals surface area contributed by atoms with Crippen molar-refractivity contribution in [3.05, 3.63) is 102 Å². The predicted octanol–water partition coefficient (Wildman–Crippen LogP) is 4.46. The molecule has 1 aliphatic carbocycles. The number of ether oxygens (including phenoxy) is 1. The minimum atomic E-state index is -0.991. The first-order chi connectivity index (χ1) is 19.5. The van der Waals surface area contributed by atoms with Gasteiger partial charge in [0.2, 0.25) is 0 Å². The third-order valence-electron chi connectivity index (χ3n) is 6.26. The Labute approximate surface area is 232 Å². The van der Waals surface area contributed by atoms with Crippen molar-refractivity contribution in [1.29, 1.82) is 0 Å². The second-order valence-corrected chi connectivity index (χ2v) is 9.24. The molecule has 9 heteroatoms. The van der Waals surface area contributed by atoms with Crippen molar-refractivity contribution < 1.29 is 23.9 Å². The van der Waals surface area contributed by atoms with Crippen molar-refractivity contribution in [3.8, 4) is 5.75 Å². The summed E-state index contributed by atoms with van der Waals surface area (Å²) in [5.74, 6) is -2.41. The Hall–Kier alpha value is -5.05. The van der Waals surface area contributed by atoms with Crippen LogP contribution in [0.15, 0.2) is 90.0 Å². The van der Waals surface area contributed by atoms with Gasteiger partial charge in [0.1, 0.15) is 5.75 Å². The average Bonchev–Trinajstić information content (AvgIpc) is 2.98. The van der Waals surface area contributed by atoms with Crippen LogP contribution in [0, 0.1) is 0 Å². The van der Waals surface area contributed by atoms with E-state index in [4.69, 9.17) is 4.74 Å². The fourth-order valence-electron chi connectivity index (χ4n) is 4.20. The van der Waals surface area contributed by atoms with E-state index in [1.54, 1.807) is 54.6 Å². The van der Waals surface area contributed by atoms with Crippen molar-refractivity contribution >= 4 is 41.7 Å². The van der Waals surface area contributed by atoms with Crippen LogP contribution in [-0.2, 0) is 14.4 Å². The minimum absolute atomic E-state index is 0.111. The Morgan fingerprint density at radius 1 is 0.775 bits per heavy atom. The average molecular weight is 539 g/mol. The van der Waals surface area contributed by atoms with Crippen LogP contribution >= 0.6 is 0 Å². The fourth-order valence-corrected chi connectivity index (χ4v) is 4.20. The molecule has 0 saturated heterocycles. The SMILES string of the molecule is O=C(/C=C/c1ccccc1)Oc1ccc(/C=N\NC(=O)C(=O)Nc2ccccc2C(=O)NC2CCCCC2)cc1. The summed E-state index contributed by atoms with van der Waals surface area (Å²) in [5.41, 5.74) is 4.18. The number of hydrogen-bond acceptors (Lipinski definition) is 6. The Kier molecular flexibility index (Phi) is 9.93. The highest BCUT2D eigenvalue weighted by Crippen LogP contribution is 2.20. The van der Waals surface area contributed by atoms with E-state index in [2.05, 4.69) is 21.2 Å². The third kappa shape index (κ3) is 8.49. The standard InChI is InChI=1S/C31H30N4O5/c36-28(20-17-22-9-3-1-4-10-22)40-25-18-15-23(16-19-25)21-32-35-31(39)30(38)34-27-14-8-7-13-26(27)29(37)33-24-11-5-2-6-12-24/h1,3-4,7-10,13-21,24H,2,5-6,11-12H2,(H,33,37)(H,34,38)(H,35,39)/b20-17+,32-21-. The van der Waals surface area contributed by atoms with E-state index in [9.17, 15) is 19.2 Å². The van der Waals surface area contributed by atoms with Crippen molar-refractivity contribution in [2.75, 3.05) is 5.32 Å². The highest BCUT2D eigenvalue weighted by Gasteiger charge is 2.20. The highest BCUT2D eigenvalue weighted by atomic mass is 16.5. The molecule has 4 rings (SSSR count). The molecule has 3 aromatic carbocycles.